The van der Waals surface area contributed by atoms with Crippen LogP contribution in [0.2, 0.25) is 0 Å². The van der Waals surface area contributed by atoms with E-state index in [2.05, 4.69) is 46.5 Å². The number of ether oxygens (including phenoxy) is 2. The monoisotopic (exact) mass is 717 g/mol. The van der Waals surface area contributed by atoms with E-state index in [1.807, 2.05) is 38.1 Å². The van der Waals surface area contributed by atoms with Crippen molar-refractivity contribution in [1.82, 2.24) is 4.98 Å². The summed E-state index contributed by atoms with van der Waals surface area (Å²) < 4.78 is 14.2. The minimum atomic E-state index is -0.464. The maximum absolute atomic E-state index is 13.1. The van der Waals surface area contributed by atoms with Gasteiger partial charge in [0.1, 0.15) is 5.75 Å². The van der Waals surface area contributed by atoms with Crippen molar-refractivity contribution in [2.75, 3.05) is 51.0 Å². The summed E-state index contributed by atoms with van der Waals surface area (Å²) in [5.74, 6) is 0.671. The normalized spacial score (nSPS) is 14.9. The number of carbonyl (C=O) groups is 1. The van der Waals surface area contributed by atoms with Gasteiger partial charge < -0.3 is 43.3 Å². The lowest BCUT2D eigenvalue weighted by atomic mass is 9.87. The van der Waals surface area contributed by atoms with Gasteiger partial charge in [0, 0.05) is 27.9 Å². The third-order valence-electron chi connectivity index (χ3n) is 8.67. The fourth-order valence-electron chi connectivity index (χ4n) is 5.87. The van der Waals surface area contributed by atoms with Gasteiger partial charge in [-0.3, -0.25) is 14.1 Å². The molecular formula is C34H44IN3O4S. The van der Waals surface area contributed by atoms with Crippen LogP contribution in [0.1, 0.15) is 52.9 Å². The molecule has 5 rings (SSSR count). The van der Waals surface area contributed by atoms with Gasteiger partial charge in [0.2, 0.25) is 12.3 Å². The van der Waals surface area contributed by atoms with Crippen LogP contribution in [-0.2, 0) is 9.53 Å². The Balaban J connectivity index is 0.00000423. The highest BCUT2D eigenvalue weighted by atomic mass is 127. The molecule has 43 heavy (non-hydrogen) atoms. The lowest BCUT2D eigenvalue weighted by Crippen LogP contribution is -3.00. The summed E-state index contributed by atoms with van der Waals surface area (Å²) in [6.45, 7) is 11.8. The number of thiophene rings is 1. The lowest BCUT2D eigenvalue weighted by Gasteiger charge is -2.45. The Bertz CT molecular complexity index is 1560. The number of aromatic nitrogens is 1. The SMILES string of the molecule is CCCCC(C)(C)C(=O)OC[N+]1(CCCCOc2ccc3ccc(=O)[nH]c3c2)CCN(c2cccc3sccc23)CC1.[I-]. The Kier molecular flexibility index (Phi) is 11.5. The van der Waals surface area contributed by atoms with Gasteiger partial charge >= 0.3 is 5.97 Å². The predicted octanol–water partition coefficient (Wildman–Crippen LogP) is 3.96. The molecule has 232 valence electrons. The summed E-state index contributed by atoms with van der Waals surface area (Å²) in [5.41, 5.74) is 1.50. The molecule has 1 aliphatic rings. The minimum Gasteiger partial charge on any atom is -1.00 e. The first-order valence-corrected chi connectivity index (χ1v) is 16.2. The van der Waals surface area contributed by atoms with E-state index in [0.717, 1.165) is 86.0 Å². The number of fused-ring (bicyclic) bond motifs is 2. The Hall–Kier alpha value is -2.63. The molecule has 0 saturated carbocycles. The Morgan fingerprint density at radius 2 is 1.84 bits per heavy atom. The molecule has 9 heteroatoms. The van der Waals surface area contributed by atoms with Gasteiger partial charge in [-0.2, -0.15) is 0 Å². The number of benzene rings is 2. The average molecular weight is 718 g/mol. The van der Waals surface area contributed by atoms with Gasteiger partial charge in [-0.1, -0.05) is 25.8 Å². The van der Waals surface area contributed by atoms with Crippen LogP contribution in [0.3, 0.4) is 0 Å². The van der Waals surface area contributed by atoms with Crippen LogP contribution in [0.15, 0.2) is 64.8 Å². The van der Waals surface area contributed by atoms with Gasteiger partial charge in [-0.25, -0.2) is 0 Å². The molecular weight excluding hydrogens is 673 g/mol. The standard InChI is InChI=1S/C34H43N3O4S.HI/c1-4-5-16-34(2,3)33(39)41-25-37(20-17-36(18-21-37)30-9-8-10-31-28(30)15-23-42-31)19-6-7-22-40-27-13-11-26-12-14-32(38)35-29(26)24-27;/h8-15,23-24H,4-7,16-22,25H2,1-3H3;1H. The van der Waals surface area contributed by atoms with Crippen LogP contribution >= 0.6 is 11.3 Å². The fourth-order valence-corrected chi connectivity index (χ4v) is 6.68. The molecule has 1 N–H and O–H groups in total. The first kappa shape index (κ1) is 33.3. The van der Waals surface area contributed by atoms with Crippen LogP contribution in [0.5, 0.6) is 5.75 Å². The minimum absolute atomic E-state index is 0. The van der Waals surface area contributed by atoms with E-state index in [1.165, 1.54) is 21.8 Å². The number of piperazine rings is 1. The average Bonchev–Trinajstić information content (AvgIpc) is 3.48. The molecule has 2 aromatic heterocycles. The predicted molar refractivity (Wildman–Crippen MR) is 172 cm³/mol. The smallest absolute Gasteiger partial charge is 0.315 e. The van der Waals surface area contributed by atoms with Crippen LogP contribution in [0.4, 0.5) is 5.69 Å². The summed E-state index contributed by atoms with van der Waals surface area (Å²) in [6.07, 6.45) is 4.82. The number of pyridine rings is 1. The number of quaternary nitrogens is 1. The first-order valence-electron chi connectivity index (χ1n) is 15.3. The number of hydrogen-bond acceptors (Lipinski definition) is 6. The molecule has 1 fully saturated rings. The van der Waals surface area contributed by atoms with Crippen LogP contribution < -0.4 is 39.2 Å². The molecule has 0 amide bonds. The number of nitrogens with zero attached hydrogens (tertiary/aromatic N) is 2. The quantitative estimate of drug-likeness (QED) is 0.0983. The van der Waals surface area contributed by atoms with E-state index >= 15 is 0 Å². The maximum Gasteiger partial charge on any atom is 0.315 e. The van der Waals surface area contributed by atoms with E-state index in [-0.39, 0.29) is 35.5 Å². The van der Waals surface area contributed by atoms with Crippen LogP contribution in [0, 0.1) is 5.41 Å². The Morgan fingerprint density at radius 3 is 2.63 bits per heavy atom. The summed E-state index contributed by atoms with van der Waals surface area (Å²) in [4.78, 5) is 30.2. The second-order valence-electron chi connectivity index (χ2n) is 12.3. The van der Waals surface area contributed by atoms with Gasteiger partial charge in [0.25, 0.3) is 0 Å². The van der Waals surface area contributed by atoms with Gasteiger partial charge in [0.15, 0.2) is 0 Å². The number of halogens is 1. The molecule has 0 bridgehead atoms. The van der Waals surface area contributed by atoms with Gasteiger partial charge in [-0.05, 0) is 80.3 Å². The van der Waals surface area contributed by atoms with Crippen LogP contribution in [-0.4, -0.2) is 61.5 Å². The lowest BCUT2D eigenvalue weighted by molar-refractivity contribution is -0.944. The molecule has 4 aromatic rings. The number of H-pyrrole nitrogens is 1. The Morgan fingerprint density at radius 1 is 1.05 bits per heavy atom. The van der Waals surface area contributed by atoms with Crippen molar-refractivity contribution in [2.24, 2.45) is 5.41 Å². The van der Waals surface area contributed by atoms with Crippen molar-refractivity contribution in [3.05, 3.63) is 70.3 Å². The molecule has 0 aliphatic carbocycles. The van der Waals surface area contributed by atoms with Crippen molar-refractivity contribution in [3.8, 4) is 5.75 Å². The molecule has 2 aromatic carbocycles. The highest BCUT2D eigenvalue weighted by Crippen LogP contribution is 2.32. The number of nitrogens with one attached hydrogen (secondary N) is 1. The number of hydrogen-bond donors (Lipinski definition) is 1. The third kappa shape index (κ3) is 8.30. The van der Waals surface area contributed by atoms with Crippen molar-refractivity contribution >= 4 is 44.0 Å². The molecule has 0 atom stereocenters. The summed E-state index contributed by atoms with van der Waals surface area (Å²) in [6, 6.07) is 17.9. The van der Waals surface area contributed by atoms with Gasteiger partial charge in [-0.15, -0.1) is 11.3 Å². The number of anilines is 1. The summed E-state index contributed by atoms with van der Waals surface area (Å²) in [7, 11) is 0. The fraction of sp³-hybridized carbons (Fsp3) is 0.471. The molecule has 1 saturated heterocycles. The van der Waals surface area contributed by atoms with Gasteiger partial charge in [0.05, 0.1) is 50.3 Å². The number of unbranched alkanes of at least 4 members (excludes halogenated alkanes) is 2. The molecule has 0 unspecified atom stereocenters. The van der Waals surface area contributed by atoms with E-state index < -0.39 is 5.41 Å². The molecule has 1 aliphatic heterocycles. The zero-order valence-corrected chi connectivity index (χ0v) is 28.5. The molecule has 7 nitrogen and oxygen atoms in total. The van der Waals surface area contributed by atoms with E-state index in [1.54, 1.807) is 11.3 Å². The molecule has 3 heterocycles. The zero-order valence-electron chi connectivity index (χ0n) is 25.6. The number of esters is 1. The highest BCUT2D eigenvalue weighted by Gasteiger charge is 2.37. The van der Waals surface area contributed by atoms with E-state index in [4.69, 9.17) is 9.47 Å². The number of aromatic amines is 1. The molecule has 0 spiro atoms. The summed E-state index contributed by atoms with van der Waals surface area (Å²) >= 11 is 1.78. The van der Waals surface area contributed by atoms with Crippen molar-refractivity contribution < 1.29 is 42.7 Å². The van der Waals surface area contributed by atoms with Crippen LogP contribution in [0.25, 0.3) is 21.0 Å². The topological polar surface area (TPSA) is 71.6 Å². The second-order valence-corrected chi connectivity index (χ2v) is 13.2. The van der Waals surface area contributed by atoms with Crippen molar-refractivity contribution in [3.63, 3.8) is 0 Å². The van der Waals surface area contributed by atoms with E-state index in [0.29, 0.717) is 13.3 Å². The maximum atomic E-state index is 13.1. The Labute approximate surface area is 275 Å². The number of carbonyl (C=O) groups excluding carboxylic acids is 1. The molecule has 0 radical (unpaired) electrons. The van der Waals surface area contributed by atoms with E-state index in [9.17, 15) is 9.59 Å². The zero-order chi connectivity index (χ0) is 29.6. The third-order valence-corrected chi connectivity index (χ3v) is 9.55. The second kappa shape index (κ2) is 14.9. The first-order chi connectivity index (χ1) is 20.3. The van der Waals surface area contributed by atoms with Crippen molar-refractivity contribution in [1.29, 1.82) is 0 Å². The highest BCUT2D eigenvalue weighted by molar-refractivity contribution is 7.17. The van der Waals surface area contributed by atoms with Crippen molar-refractivity contribution in [2.45, 2.75) is 52.9 Å². The summed E-state index contributed by atoms with van der Waals surface area (Å²) in [5, 5.41) is 4.47. The largest absolute Gasteiger partial charge is 1.00 e. The number of rotatable bonds is 13.